The lowest BCUT2D eigenvalue weighted by Crippen LogP contribution is -2.45. The molecular weight excluding hydrogens is 327 g/mol. The van der Waals surface area contributed by atoms with Crippen molar-refractivity contribution in [1.29, 1.82) is 0 Å². The molecule has 1 aliphatic rings. The Hall–Kier alpha value is -0.620. The van der Waals surface area contributed by atoms with Crippen molar-refractivity contribution in [2.75, 3.05) is 11.9 Å². The van der Waals surface area contributed by atoms with Gasteiger partial charge in [0.05, 0.1) is 11.7 Å². The Kier molecular flexibility index (Phi) is 4.39. The number of carbonyl (C=O) groups excluding carboxylic acids is 1. The largest absolute Gasteiger partial charge is 0.324 e. The summed E-state index contributed by atoms with van der Waals surface area (Å²) in [5.41, 5.74) is 0.901. The van der Waals surface area contributed by atoms with Gasteiger partial charge in [0, 0.05) is 3.57 Å². The Morgan fingerprint density at radius 2 is 2.24 bits per heavy atom. The standard InChI is InChI=1S/C13H17IN2O/c1-9-6-7-15-12(8-9)13(17)16-11-5-3-2-4-10(11)14/h2-5,9,12,15H,6-8H2,1H3,(H,16,17). The van der Waals surface area contributed by atoms with Crippen LogP contribution in [0.4, 0.5) is 5.69 Å². The van der Waals surface area contributed by atoms with Crippen molar-refractivity contribution >= 4 is 34.2 Å². The molecule has 0 radical (unpaired) electrons. The normalized spacial score (nSPS) is 24.4. The van der Waals surface area contributed by atoms with Crippen LogP contribution in [0.5, 0.6) is 0 Å². The van der Waals surface area contributed by atoms with Gasteiger partial charge in [0.15, 0.2) is 0 Å². The van der Waals surface area contributed by atoms with Gasteiger partial charge in [-0.25, -0.2) is 0 Å². The maximum atomic E-state index is 12.1. The molecule has 2 atom stereocenters. The van der Waals surface area contributed by atoms with Crippen molar-refractivity contribution in [3.05, 3.63) is 27.8 Å². The summed E-state index contributed by atoms with van der Waals surface area (Å²) < 4.78 is 1.07. The number of carbonyl (C=O) groups is 1. The van der Waals surface area contributed by atoms with Crippen LogP contribution in [0.25, 0.3) is 0 Å². The van der Waals surface area contributed by atoms with Crippen LogP contribution in [0.1, 0.15) is 19.8 Å². The van der Waals surface area contributed by atoms with Crippen LogP contribution in [0.15, 0.2) is 24.3 Å². The average molecular weight is 344 g/mol. The first-order valence-corrected chi connectivity index (χ1v) is 7.03. The number of nitrogens with one attached hydrogen (secondary N) is 2. The van der Waals surface area contributed by atoms with Gasteiger partial charge in [0.2, 0.25) is 5.91 Å². The highest BCUT2D eigenvalue weighted by molar-refractivity contribution is 14.1. The van der Waals surface area contributed by atoms with Gasteiger partial charge in [-0.05, 0) is 60.0 Å². The van der Waals surface area contributed by atoms with Gasteiger partial charge < -0.3 is 10.6 Å². The highest BCUT2D eigenvalue weighted by atomic mass is 127. The molecule has 2 unspecified atom stereocenters. The van der Waals surface area contributed by atoms with Gasteiger partial charge in [-0.2, -0.15) is 0 Å². The van der Waals surface area contributed by atoms with E-state index >= 15 is 0 Å². The van der Waals surface area contributed by atoms with Crippen molar-refractivity contribution in [2.45, 2.75) is 25.8 Å². The molecule has 1 heterocycles. The average Bonchev–Trinajstić information content (AvgIpc) is 2.32. The molecule has 1 amide bonds. The molecule has 1 aromatic carbocycles. The molecule has 2 N–H and O–H groups in total. The summed E-state index contributed by atoms with van der Waals surface area (Å²) in [7, 11) is 0. The quantitative estimate of drug-likeness (QED) is 0.810. The molecule has 0 saturated carbocycles. The minimum atomic E-state index is -0.0465. The third kappa shape index (κ3) is 3.42. The summed E-state index contributed by atoms with van der Waals surface area (Å²) in [4.78, 5) is 12.1. The number of piperidine rings is 1. The third-order valence-corrected chi connectivity index (χ3v) is 4.05. The van der Waals surface area contributed by atoms with E-state index in [1.54, 1.807) is 0 Å². The molecule has 1 saturated heterocycles. The predicted octanol–water partition coefficient (Wildman–Crippen LogP) is 2.62. The van der Waals surface area contributed by atoms with Crippen LogP contribution in [0.2, 0.25) is 0 Å². The highest BCUT2D eigenvalue weighted by Crippen LogP contribution is 2.19. The molecule has 17 heavy (non-hydrogen) atoms. The number of hydrogen-bond donors (Lipinski definition) is 2. The second-order valence-electron chi connectivity index (χ2n) is 4.61. The van der Waals surface area contributed by atoms with Crippen LogP contribution < -0.4 is 10.6 Å². The van der Waals surface area contributed by atoms with Crippen molar-refractivity contribution in [3.63, 3.8) is 0 Å². The lowest BCUT2D eigenvalue weighted by atomic mass is 9.94. The van der Waals surface area contributed by atoms with Crippen molar-refractivity contribution in [2.24, 2.45) is 5.92 Å². The Balaban J connectivity index is 1.99. The van der Waals surface area contributed by atoms with Crippen molar-refractivity contribution < 1.29 is 4.79 Å². The van der Waals surface area contributed by atoms with Gasteiger partial charge in [0.1, 0.15) is 0 Å². The molecule has 92 valence electrons. The van der Waals surface area contributed by atoms with E-state index in [2.05, 4.69) is 40.1 Å². The van der Waals surface area contributed by atoms with Crippen molar-refractivity contribution in [3.8, 4) is 0 Å². The molecule has 4 heteroatoms. The molecule has 2 rings (SSSR count). The molecular formula is C13H17IN2O. The van der Waals surface area contributed by atoms with Crippen LogP contribution in [-0.4, -0.2) is 18.5 Å². The van der Waals surface area contributed by atoms with Gasteiger partial charge in [-0.15, -0.1) is 0 Å². The zero-order chi connectivity index (χ0) is 12.3. The maximum absolute atomic E-state index is 12.1. The number of halogens is 1. The van der Waals surface area contributed by atoms with Gasteiger partial charge in [0.25, 0.3) is 0 Å². The maximum Gasteiger partial charge on any atom is 0.241 e. The molecule has 1 aromatic rings. The highest BCUT2D eigenvalue weighted by Gasteiger charge is 2.24. The molecule has 0 spiro atoms. The minimum Gasteiger partial charge on any atom is -0.324 e. The van der Waals surface area contributed by atoms with E-state index in [1.807, 2.05) is 24.3 Å². The first kappa shape index (κ1) is 12.8. The first-order valence-electron chi connectivity index (χ1n) is 5.95. The summed E-state index contributed by atoms with van der Waals surface area (Å²) in [6, 6.07) is 7.79. The SMILES string of the molecule is CC1CCNC(C(=O)Nc2ccccc2I)C1. The van der Waals surface area contributed by atoms with Crippen LogP contribution >= 0.6 is 22.6 Å². The van der Waals surface area contributed by atoms with E-state index in [1.165, 1.54) is 0 Å². The Bertz CT molecular complexity index is 408. The number of benzene rings is 1. The zero-order valence-electron chi connectivity index (χ0n) is 9.87. The topological polar surface area (TPSA) is 41.1 Å². The van der Waals surface area contributed by atoms with Gasteiger partial charge in [-0.3, -0.25) is 4.79 Å². The van der Waals surface area contributed by atoms with E-state index in [-0.39, 0.29) is 11.9 Å². The van der Waals surface area contributed by atoms with E-state index < -0.39 is 0 Å². The van der Waals surface area contributed by atoms with Crippen molar-refractivity contribution in [1.82, 2.24) is 5.32 Å². The second kappa shape index (κ2) is 5.82. The monoisotopic (exact) mass is 344 g/mol. The molecule has 0 aromatic heterocycles. The summed E-state index contributed by atoms with van der Waals surface area (Å²) in [6.07, 6.45) is 2.09. The third-order valence-electron chi connectivity index (χ3n) is 3.11. The van der Waals surface area contributed by atoms with E-state index in [0.29, 0.717) is 5.92 Å². The van der Waals surface area contributed by atoms with E-state index in [0.717, 1.165) is 28.6 Å². The lowest BCUT2D eigenvalue weighted by molar-refractivity contribution is -0.119. The number of rotatable bonds is 2. The van der Waals surface area contributed by atoms with Crippen LogP contribution in [0, 0.1) is 9.49 Å². The lowest BCUT2D eigenvalue weighted by Gasteiger charge is -2.27. The molecule has 0 bridgehead atoms. The van der Waals surface area contributed by atoms with Gasteiger partial charge >= 0.3 is 0 Å². The zero-order valence-corrected chi connectivity index (χ0v) is 12.0. The fourth-order valence-electron chi connectivity index (χ4n) is 2.09. The number of amides is 1. The summed E-state index contributed by atoms with van der Waals surface area (Å²) in [5.74, 6) is 0.711. The smallest absolute Gasteiger partial charge is 0.241 e. The Morgan fingerprint density at radius 3 is 2.94 bits per heavy atom. The number of para-hydroxylation sites is 1. The minimum absolute atomic E-state index is 0.0465. The molecule has 3 nitrogen and oxygen atoms in total. The molecule has 0 aliphatic carbocycles. The van der Waals surface area contributed by atoms with E-state index in [9.17, 15) is 4.79 Å². The Morgan fingerprint density at radius 1 is 1.47 bits per heavy atom. The number of anilines is 1. The fraction of sp³-hybridized carbons (Fsp3) is 0.462. The second-order valence-corrected chi connectivity index (χ2v) is 5.77. The van der Waals surface area contributed by atoms with Gasteiger partial charge in [-0.1, -0.05) is 19.1 Å². The first-order chi connectivity index (χ1) is 8.16. The van der Waals surface area contributed by atoms with Crippen LogP contribution in [0.3, 0.4) is 0 Å². The Labute approximate surface area is 116 Å². The predicted molar refractivity (Wildman–Crippen MR) is 78.0 cm³/mol. The van der Waals surface area contributed by atoms with E-state index in [4.69, 9.17) is 0 Å². The molecule has 1 aliphatic heterocycles. The van der Waals surface area contributed by atoms with Crippen LogP contribution in [-0.2, 0) is 4.79 Å². The molecule has 1 fully saturated rings. The number of hydrogen-bond acceptors (Lipinski definition) is 2. The fourth-order valence-corrected chi connectivity index (χ4v) is 2.61. The summed E-state index contributed by atoms with van der Waals surface area (Å²) >= 11 is 2.23. The summed E-state index contributed by atoms with van der Waals surface area (Å²) in [6.45, 7) is 3.14. The summed E-state index contributed by atoms with van der Waals surface area (Å²) in [5, 5.41) is 6.27.